The second-order valence-corrected chi connectivity index (χ2v) is 5.21. The van der Waals surface area contributed by atoms with Crippen molar-refractivity contribution in [3.63, 3.8) is 0 Å². The van der Waals surface area contributed by atoms with Crippen LogP contribution in [0.4, 0.5) is 5.69 Å². The standard InChI is InChI=1S/C15H13ClN4O/c1-8-6-9(2)13(18-7-8)14-19-15(21-20-14)12-10(16)4-3-5-11(12)17/h3-7H,17H2,1-2H3. The first-order valence-electron chi connectivity index (χ1n) is 6.38. The van der Waals surface area contributed by atoms with Gasteiger partial charge in [-0.05, 0) is 37.1 Å². The number of benzene rings is 1. The van der Waals surface area contributed by atoms with E-state index in [2.05, 4.69) is 15.1 Å². The number of nitrogens with two attached hydrogens (primary N) is 1. The molecule has 2 aromatic heterocycles. The van der Waals surface area contributed by atoms with Gasteiger partial charge >= 0.3 is 0 Å². The molecule has 0 saturated heterocycles. The molecule has 106 valence electrons. The molecular formula is C15H13ClN4O. The van der Waals surface area contributed by atoms with Gasteiger partial charge in [-0.1, -0.05) is 28.9 Å². The molecule has 2 heterocycles. The molecule has 0 spiro atoms. The van der Waals surface area contributed by atoms with Crippen LogP contribution in [-0.2, 0) is 0 Å². The highest BCUT2D eigenvalue weighted by atomic mass is 35.5. The maximum absolute atomic E-state index is 6.15. The van der Waals surface area contributed by atoms with Crippen LogP contribution in [0.15, 0.2) is 35.0 Å². The van der Waals surface area contributed by atoms with Crippen molar-refractivity contribution in [1.29, 1.82) is 0 Å². The summed E-state index contributed by atoms with van der Waals surface area (Å²) in [5, 5.41) is 4.44. The first-order chi connectivity index (χ1) is 10.1. The zero-order valence-electron chi connectivity index (χ0n) is 11.6. The third-order valence-electron chi connectivity index (χ3n) is 3.11. The molecule has 21 heavy (non-hydrogen) atoms. The van der Waals surface area contributed by atoms with Gasteiger partial charge in [-0.15, -0.1) is 0 Å². The van der Waals surface area contributed by atoms with Gasteiger partial charge in [-0.3, -0.25) is 4.98 Å². The number of nitrogens with zero attached hydrogens (tertiary/aromatic N) is 3. The van der Waals surface area contributed by atoms with Crippen LogP contribution in [0.1, 0.15) is 11.1 Å². The molecule has 0 unspecified atom stereocenters. The van der Waals surface area contributed by atoms with Gasteiger partial charge in [-0.25, -0.2) is 0 Å². The molecule has 0 fully saturated rings. The number of aryl methyl sites for hydroxylation is 2. The molecule has 0 aliphatic rings. The molecule has 6 heteroatoms. The summed E-state index contributed by atoms with van der Waals surface area (Å²) in [7, 11) is 0. The molecule has 0 atom stereocenters. The summed E-state index contributed by atoms with van der Waals surface area (Å²) < 4.78 is 5.29. The molecule has 3 aromatic rings. The Morgan fingerprint density at radius 2 is 2.05 bits per heavy atom. The van der Waals surface area contributed by atoms with Crippen molar-refractivity contribution in [2.24, 2.45) is 0 Å². The predicted octanol–water partition coefficient (Wildman–Crippen LogP) is 3.65. The average molecular weight is 301 g/mol. The summed E-state index contributed by atoms with van der Waals surface area (Å²) in [5.74, 6) is 0.705. The van der Waals surface area contributed by atoms with Gasteiger partial charge in [0.15, 0.2) is 0 Å². The van der Waals surface area contributed by atoms with Crippen LogP contribution in [0.2, 0.25) is 5.02 Å². The van der Waals surface area contributed by atoms with E-state index in [9.17, 15) is 0 Å². The van der Waals surface area contributed by atoms with Crippen LogP contribution in [0.5, 0.6) is 0 Å². The van der Waals surface area contributed by atoms with Gasteiger partial charge in [0, 0.05) is 11.9 Å². The molecule has 0 saturated carbocycles. The number of anilines is 1. The Bertz CT molecular complexity index is 793. The molecule has 2 N–H and O–H groups in total. The summed E-state index contributed by atoms with van der Waals surface area (Å²) in [6, 6.07) is 7.25. The van der Waals surface area contributed by atoms with Crippen LogP contribution in [0.25, 0.3) is 23.0 Å². The molecule has 0 aliphatic carbocycles. The molecule has 3 rings (SSSR count). The number of hydrogen-bond donors (Lipinski definition) is 1. The Kier molecular flexibility index (Phi) is 3.35. The van der Waals surface area contributed by atoms with Gasteiger partial charge in [0.25, 0.3) is 5.89 Å². The van der Waals surface area contributed by atoms with E-state index in [1.807, 2.05) is 19.9 Å². The smallest absolute Gasteiger partial charge is 0.261 e. The van der Waals surface area contributed by atoms with Gasteiger partial charge in [0.05, 0.1) is 10.6 Å². The Hall–Kier alpha value is -2.40. The summed E-state index contributed by atoms with van der Waals surface area (Å²) in [4.78, 5) is 8.71. The summed E-state index contributed by atoms with van der Waals surface area (Å²) >= 11 is 6.15. The zero-order valence-corrected chi connectivity index (χ0v) is 12.3. The monoisotopic (exact) mass is 300 g/mol. The van der Waals surface area contributed by atoms with Crippen molar-refractivity contribution in [3.05, 3.63) is 46.6 Å². The fourth-order valence-corrected chi connectivity index (χ4v) is 2.40. The number of nitrogen functional groups attached to an aromatic ring is 1. The maximum Gasteiger partial charge on any atom is 0.261 e. The molecule has 0 bridgehead atoms. The molecule has 1 aromatic carbocycles. The third kappa shape index (κ3) is 2.48. The lowest BCUT2D eigenvalue weighted by Crippen LogP contribution is -1.93. The lowest BCUT2D eigenvalue weighted by Gasteiger charge is -2.02. The average Bonchev–Trinajstić information content (AvgIpc) is 2.87. The number of rotatable bonds is 2. The molecular weight excluding hydrogens is 288 g/mol. The van der Waals surface area contributed by atoms with Crippen molar-refractivity contribution in [1.82, 2.24) is 15.1 Å². The Balaban J connectivity index is 2.08. The highest BCUT2D eigenvalue weighted by Gasteiger charge is 2.17. The molecule has 0 amide bonds. The van der Waals surface area contributed by atoms with E-state index in [1.54, 1.807) is 24.4 Å². The summed E-state index contributed by atoms with van der Waals surface area (Å²) in [5.41, 5.74) is 9.70. The first-order valence-corrected chi connectivity index (χ1v) is 6.75. The molecule has 5 nitrogen and oxygen atoms in total. The Labute approximate surface area is 126 Å². The van der Waals surface area contributed by atoms with Crippen LogP contribution >= 0.6 is 11.6 Å². The minimum Gasteiger partial charge on any atom is -0.398 e. The summed E-state index contributed by atoms with van der Waals surface area (Å²) in [6.45, 7) is 3.94. The second-order valence-electron chi connectivity index (χ2n) is 4.81. The molecule has 0 radical (unpaired) electrons. The fraction of sp³-hybridized carbons (Fsp3) is 0.133. The van der Waals surface area contributed by atoms with Gasteiger partial charge in [0.2, 0.25) is 5.82 Å². The summed E-state index contributed by atoms with van der Waals surface area (Å²) in [6.07, 6.45) is 1.77. The van der Waals surface area contributed by atoms with E-state index in [0.717, 1.165) is 11.1 Å². The van der Waals surface area contributed by atoms with E-state index >= 15 is 0 Å². The Morgan fingerprint density at radius 1 is 1.24 bits per heavy atom. The van der Waals surface area contributed by atoms with Crippen LogP contribution in [0.3, 0.4) is 0 Å². The van der Waals surface area contributed by atoms with E-state index < -0.39 is 0 Å². The normalized spacial score (nSPS) is 10.8. The highest BCUT2D eigenvalue weighted by molar-refractivity contribution is 6.33. The maximum atomic E-state index is 6.15. The van der Waals surface area contributed by atoms with Gasteiger partial charge in [-0.2, -0.15) is 4.98 Å². The van der Waals surface area contributed by atoms with Gasteiger partial charge in [0.1, 0.15) is 5.69 Å². The number of halogens is 1. The van der Waals surface area contributed by atoms with Crippen LogP contribution in [-0.4, -0.2) is 15.1 Å². The van der Waals surface area contributed by atoms with Gasteiger partial charge < -0.3 is 10.3 Å². The largest absolute Gasteiger partial charge is 0.398 e. The number of pyridine rings is 1. The van der Waals surface area contributed by atoms with Crippen LogP contribution < -0.4 is 5.73 Å². The quantitative estimate of drug-likeness (QED) is 0.731. The number of hydrogen-bond acceptors (Lipinski definition) is 5. The van der Waals surface area contributed by atoms with E-state index in [4.69, 9.17) is 21.9 Å². The minimum atomic E-state index is 0.287. The number of aromatic nitrogens is 3. The third-order valence-corrected chi connectivity index (χ3v) is 3.43. The van der Waals surface area contributed by atoms with E-state index in [1.165, 1.54) is 0 Å². The highest BCUT2D eigenvalue weighted by Crippen LogP contribution is 2.33. The SMILES string of the molecule is Cc1cnc(-c2noc(-c3c(N)cccc3Cl)n2)c(C)c1. The first kappa shape index (κ1) is 13.6. The second kappa shape index (κ2) is 5.18. The van der Waals surface area contributed by atoms with Crippen molar-refractivity contribution in [2.45, 2.75) is 13.8 Å². The van der Waals surface area contributed by atoms with Crippen molar-refractivity contribution in [3.8, 4) is 23.0 Å². The fourth-order valence-electron chi connectivity index (χ4n) is 2.14. The van der Waals surface area contributed by atoms with E-state index in [-0.39, 0.29) is 5.89 Å². The lowest BCUT2D eigenvalue weighted by molar-refractivity contribution is 0.432. The van der Waals surface area contributed by atoms with Crippen LogP contribution in [0, 0.1) is 13.8 Å². The van der Waals surface area contributed by atoms with Crippen molar-refractivity contribution in [2.75, 3.05) is 5.73 Å². The molecule has 0 aliphatic heterocycles. The predicted molar refractivity (Wildman–Crippen MR) is 81.9 cm³/mol. The van der Waals surface area contributed by atoms with E-state index in [0.29, 0.717) is 27.8 Å². The zero-order chi connectivity index (χ0) is 15.0. The Morgan fingerprint density at radius 3 is 2.76 bits per heavy atom. The van der Waals surface area contributed by atoms with Crippen molar-refractivity contribution < 1.29 is 4.52 Å². The minimum absolute atomic E-state index is 0.287. The lowest BCUT2D eigenvalue weighted by atomic mass is 10.1. The topological polar surface area (TPSA) is 77.8 Å². The van der Waals surface area contributed by atoms with Crippen molar-refractivity contribution >= 4 is 17.3 Å².